The predicted octanol–water partition coefficient (Wildman–Crippen LogP) is 1.83. The van der Waals surface area contributed by atoms with Crippen LogP contribution in [0, 0.1) is 12.8 Å². The van der Waals surface area contributed by atoms with Gasteiger partial charge in [-0.1, -0.05) is 26.0 Å². The van der Waals surface area contributed by atoms with Gasteiger partial charge in [0.1, 0.15) is 0 Å². The van der Waals surface area contributed by atoms with Gasteiger partial charge in [-0.25, -0.2) is 4.79 Å². The molecule has 0 radical (unpaired) electrons. The largest absolute Gasteiger partial charge is 0.491 e. The van der Waals surface area contributed by atoms with Gasteiger partial charge < -0.3 is 14.8 Å². The molecule has 0 saturated carbocycles. The topological polar surface area (TPSA) is 66.8 Å². The minimum atomic E-state index is -1.06. The summed E-state index contributed by atoms with van der Waals surface area (Å²) in [5.74, 6) is -0.719. The van der Waals surface area contributed by atoms with Crippen LogP contribution in [-0.2, 0) is 4.65 Å². The Kier molecular flexibility index (Phi) is 4.77. The second-order valence-electron chi connectivity index (χ2n) is 5.61. The summed E-state index contributed by atoms with van der Waals surface area (Å²) < 4.78 is 5.65. The van der Waals surface area contributed by atoms with Crippen LogP contribution in [0.3, 0.4) is 0 Å². The Labute approximate surface area is 114 Å². The molecule has 1 aromatic carbocycles. The van der Waals surface area contributed by atoms with Gasteiger partial charge in [-0.05, 0) is 43.8 Å². The predicted molar refractivity (Wildman–Crippen MR) is 75.7 cm³/mol. The lowest BCUT2D eigenvalue weighted by Crippen LogP contribution is -2.44. The fourth-order valence-corrected chi connectivity index (χ4v) is 1.57. The van der Waals surface area contributed by atoms with Crippen LogP contribution >= 0.6 is 0 Å². The first-order valence-electron chi connectivity index (χ1n) is 6.35. The van der Waals surface area contributed by atoms with Crippen molar-refractivity contribution in [3.05, 3.63) is 29.3 Å². The molecular weight excluding hydrogens is 243 g/mol. The summed E-state index contributed by atoms with van der Waals surface area (Å²) in [7, 11) is -1.06. The summed E-state index contributed by atoms with van der Waals surface area (Å²) in [6.45, 7) is 9.57. The zero-order valence-electron chi connectivity index (χ0n) is 12.1. The number of hydrogen-bond donors (Lipinski definition) is 2. The van der Waals surface area contributed by atoms with Gasteiger partial charge in [-0.3, -0.25) is 0 Å². The van der Waals surface area contributed by atoms with Gasteiger partial charge in [-0.15, -0.1) is 0 Å². The molecule has 0 aliphatic heterocycles. The second-order valence-corrected chi connectivity index (χ2v) is 5.61. The molecule has 0 heterocycles. The minimum absolute atomic E-state index is 0.235. The van der Waals surface area contributed by atoms with E-state index in [4.69, 9.17) is 9.76 Å². The van der Waals surface area contributed by atoms with Crippen LogP contribution in [0.15, 0.2) is 18.2 Å². The first kappa shape index (κ1) is 15.7. The van der Waals surface area contributed by atoms with Gasteiger partial charge in [0.15, 0.2) is 0 Å². The molecule has 0 spiro atoms. The maximum Gasteiger partial charge on any atom is 0.491 e. The lowest BCUT2D eigenvalue weighted by atomic mass is 9.76. The van der Waals surface area contributed by atoms with Crippen molar-refractivity contribution in [2.75, 3.05) is 0 Å². The van der Waals surface area contributed by atoms with E-state index in [0.717, 1.165) is 0 Å². The second kappa shape index (κ2) is 5.76. The molecule has 1 rings (SSSR count). The molecule has 0 bridgehead atoms. The number of aryl methyl sites for hydroxylation is 1. The highest BCUT2D eigenvalue weighted by Gasteiger charge is 2.30. The zero-order valence-corrected chi connectivity index (χ0v) is 12.1. The smallest absolute Gasteiger partial charge is 0.478 e. The lowest BCUT2D eigenvalue weighted by Gasteiger charge is -2.31. The van der Waals surface area contributed by atoms with E-state index in [1.807, 2.05) is 27.7 Å². The average Bonchev–Trinajstić information content (AvgIpc) is 2.27. The molecule has 5 heteroatoms. The number of aromatic carboxylic acids is 1. The van der Waals surface area contributed by atoms with Gasteiger partial charge in [0.05, 0.1) is 11.2 Å². The molecule has 0 amide bonds. The third kappa shape index (κ3) is 3.82. The highest BCUT2D eigenvalue weighted by atomic mass is 16.5. The van der Waals surface area contributed by atoms with Crippen molar-refractivity contribution in [2.45, 2.75) is 40.2 Å². The van der Waals surface area contributed by atoms with Gasteiger partial charge in [-0.2, -0.15) is 0 Å². The standard InChI is InChI=1S/C14H21BO4/c1-9(2)14(4,5)19-15(18)11-6-7-12(13(16)17)10(3)8-11/h6-9,18H,1-5H3,(H,16,17). The van der Waals surface area contributed by atoms with Crippen LogP contribution in [-0.4, -0.2) is 28.8 Å². The highest BCUT2D eigenvalue weighted by Crippen LogP contribution is 2.21. The number of rotatable bonds is 5. The Balaban J connectivity index is 2.93. The van der Waals surface area contributed by atoms with Crippen molar-refractivity contribution in [3.63, 3.8) is 0 Å². The number of hydrogen-bond acceptors (Lipinski definition) is 3. The molecule has 0 aliphatic carbocycles. The Morgan fingerprint density at radius 3 is 2.37 bits per heavy atom. The maximum atomic E-state index is 10.9. The van der Waals surface area contributed by atoms with Crippen molar-refractivity contribution < 1.29 is 19.6 Å². The quantitative estimate of drug-likeness (QED) is 0.796. The first-order valence-corrected chi connectivity index (χ1v) is 6.35. The monoisotopic (exact) mass is 264 g/mol. The van der Waals surface area contributed by atoms with E-state index in [0.29, 0.717) is 11.0 Å². The molecule has 1 aromatic rings. The summed E-state index contributed by atoms with van der Waals surface area (Å²) in [4.78, 5) is 10.9. The van der Waals surface area contributed by atoms with Crippen LogP contribution < -0.4 is 5.46 Å². The Morgan fingerprint density at radius 2 is 1.95 bits per heavy atom. The van der Waals surface area contributed by atoms with Gasteiger partial charge in [0, 0.05) is 0 Å². The maximum absolute atomic E-state index is 10.9. The average molecular weight is 264 g/mol. The van der Waals surface area contributed by atoms with Crippen molar-refractivity contribution in [1.82, 2.24) is 0 Å². The van der Waals surface area contributed by atoms with Crippen LogP contribution in [0.4, 0.5) is 0 Å². The highest BCUT2D eigenvalue weighted by molar-refractivity contribution is 6.60. The van der Waals surface area contributed by atoms with E-state index < -0.39 is 18.7 Å². The van der Waals surface area contributed by atoms with E-state index in [-0.39, 0.29) is 11.5 Å². The molecule has 4 nitrogen and oxygen atoms in total. The SMILES string of the molecule is Cc1cc(B(O)OC(C)(C)C(C)C)ccc1C(=O)O. The Morgan fingerprint density at radius 1 is 1.37 bits per heavy atom. The molecule has 0 unspecified atom stereocenters. The number of carbonyl (C=O) groups is 1. The van der Waals surface area contributed by atoms with E-state index in [2.05, 4.69) is 0 Å². The summed E-state index contributed by atoms with van der Waals surface area (Å²) in [6.07, 6.45) is 0. The summed E-state index contributed by atoms with van der Waals surface area (Å²) in [5.41, 5.74) is 0.948. The fraction of sp³-hybridized carbons (Fsp3) is 0.500. The summed E-state index contributed by atoms with van der Waals surface area (Å²) in [6, 6.07) is 4.71. The van der Waals surface area contributed by atoms with E-state index in [9.17, 15) is 9.82 Å². The van der Waals surface area contributed by atoms with Crippen LogP contribution in [0.2, 0.25) is 0 Å². The molecule has 0 fully saturated rings. The molecule has 19 heavy (non-hydrogen) atoms. The van der Waals surface area contributed by atoms with Crippen LogP contribution in [0.5, 0.6) is 0 Å². The molecule has 104 valence electrons. The zero-order chi connectivity index (χ0) is 14.8. The molecule has 0 saturated heterocycles. The Bertz CT molecular complexity index is 469. The van der Waals surface area contributed by atoms with Crippen molar-refractivity contribution >= 4 is 18.6 Å². The van der Waals surface area contributed by atoms with E-state index in [1.54, 1.807) is 19.1 Å². The lowest BCUT2D eigenvalue weighted by molar-refractivity contribution is 0.0423. The van der Waals surface area contributed by atoms with E-state index in [1.165, 1.54) is 6.07 Å². The molecule has 0 atom stereocenters. The fourth-order valence-electron chi connectivity index (χ4n) is 1.57. The first-order chi connectivity index (χ1) is 8.65. The van der Waals surface area contributed by atoms with Gasteiger partial charge in [0.25, 0.3) is 0 Å². The van der Waals surface area contributed by atoms with Crippen molar-refractivity contribution in [1.29, 1.82) is 0 Å². The normalized spacial score (nSPS) is 11.7. The molecule has 2 N–H and O–H groups in total. The number of carboxylic acid groups (broad SMARTS) is 1. The third-order valence-electron chi connectivity index (χ3n) is 3.57. The summed E-state index contributed by atoms with van der Waals surface area (Å²) >= 11 is 0. The van der Waals surface area contributed by atoms with E-state index >= 15 is 0 Å². The number of carboxylic acids is 1. The van der Waals surface area contributed by atoms with Crippen molar-refractivity contribution in [2.24, 2.45) is 5.92 Å². The van der Waals surface area contributed by atoms with Crippen LogP contribution in [0.25, 0.3) is 0 Å². The number of benzene rings is 1. The molecule has 0 aromatic heterocycles. The third-order valence-corrected chi connectivity index (χ3v) is 3.57. The van der Waals surface area contributed by atoms with Gasteiger partial charge in [0.2, 0.25) is 0 Å². The van der Waals surface area contributed by atoms with Gasteiger partial charge >= 0.3 is 13.1 Å². The minimum Gasteiger partial charge on any atom is -0.478 e. The molecule has 0 aliphatic rings. The van der Waals surface area contributed by atoms with Crippen molar-refractivity contribution in [3.8, 4) is 0 Å². The van der Waals surface area contributed by atoms with Crippen LogP contribution in [0.1, 0.15) is 43.6 Å². The summed E-state index contributed by atoms with van der Waals surface area (Å²) in [5, 5.41) is 19.0. The Hall–Kier alpha value is -1.33. The molecular formula is C14H21BO4.